The number of rotatable bonds is 2. The molecule has 2 N–H and O–H groups in total. The van der Waals surface area contributed by atoms with Gasteiger partial charge in [0.25, 0.3) is 5.92 Å². The minimum absolute atomic E-state index is 0.0344. The first-order chi connectivity index (χ1) is 8.30. The first-order valence-electron chi connectivity index (χ1n) is 5.57. The van der Waals surface area contributed by atoms with Gasteiger partial charge in [0.2, 0.25) is 0 Å². The zero-order valence-corrected chi connectivity index (χ0v) is 10.5. The third-order valence-electron chi connectivity index (χ3n) is 2.92. The highest BCUT2D eigenvalue weighted by molar-refractivity contribution is 5.77. The fourth-order valence-electron chi connectivity index (χ4n) is 1.92. The molecule has 18 heavy (non-hydrogen) atoms. The van der Waals surface area contributed by atoms with Crippen molar-refractivity contribution in [3.8, 4) is 11.1 Å². The Bertz CT molecular complexity index is 582. The van der Waals surface area contributed by atoms with E-state index in [0.29, 0.717) is 16.9 Å². The SMILES string of the molecule is Cc1ccc(C(C)(F)F)c(-c2cnn(C)c2N)c1. The average Bonchev–Trinajstić information content (AvgIpc) is 2.58. The van der Waals surface area contributed by atoms with Gasteiger partial charge in [0.05, 0.1) is 6.20 Å². The Hall–Kier alpha value is -1.91. The Kier molecular flexibility index (Phi) is 2.84. The van der Waals surface area contributed by atoms with Crippen LogP contribution in [0, 0.1) is 6.92 Å². The van der Waals surface area contributed by atoms with E-state index in [1.54, 1.807) is 19.2 Å². The van der Waals surface area contributed by atoms with Crippen LogP contribution in [-0.2, 0) is 13.0 Å². The van der Waals surface area contributed by atoms with Crippen LogP contribution in [-0.4, -0.2) is 9.78 Å². The van der Waals surface area contributed by atoms with Gasteiger partial charge < -0.3 is 5.73 Å². The van der Waals surface area contributed by atoms with Crippen LogP contribution >= 0.6 is 0 Å². The van der Waals surface area contributed by atoms with Crippen molar-refractivity contribution >= 4 is 5.82 Å². The largest absolute Gasteiger partial charge is 0.383 e. The Morgan fingerprint density at radius 1 is 1.28 bits per heavy atom. The molecule has 0 aliphatic carbocycles. The van der Waals surface area contributed by atoms with Gasteiger partial charge in [-0.05, 0) is 12.5 Å². The van der Waals surface area contributed by atoms with Crippen LogP contribution in [0.2, 0.25) is 0 Å². The quantitative estimate of drug-likeness (QED) is 0.891. The highest BCUT2D eigenvalue weighted by Gasteiger charge is 2.29. The molecule has 0 aliphatic heterocycles. The van der Waals surface area contributed by atoms with E-state index in [1.807, 2.05) is 6.92 Å². The number of hydrogen-bond acceptors (Lipinski definition) is 2. The molecule has 0 amide bonds. The van der Waals surface area contributed by atoms with E-state index in [2.05, 4.69) is 5.10 Å². The lowest BCUT2D eigenvalue weighted by Crippen LogP contribution is -2.09. The van der Waals surface area contributed by atoms with Gasteiger partial charge in [0.15, 0.2) is 0 Å². The van der Waals surface area contributed by atoms with E-state index in [9.17, 15) is 8.78 Å². The summed E-state index contributed by atoms with van der Waals surface area (Å²) in [6.45, 7) is 2.74. The Morgan fingerprint density at radius 3 is 2.44 bits per heavy atom. The molecule has 0 saturated carbocycles. The summed E-state index contributed by atoms with van der Waals surface area (Å²) in [5, 5.41) is 3.99. The first-order valence-corrected chi connectivity index (χ1v) is 5.57. The normalized spacial score (nSPS) is 11.8. The number of nitrogen functional groups attached to an aromatic ring is 1. The molecule has 1 aromatic heterocycles. The van der Waals surface area contributed by atoms with Crippen molar-refractivity contribution in [1.29, 1.82) is 0 Å². The molecule has 1 heterocycles. The Labute approximate surface area is 104 Å². The molecule has 0 atom stereocenters. The third kappa shape index (κ3) is 2.08. The number of aryl methyl sites for hydroxylation is 2. The van der Waals surface area contributed by atoms with Crippen molar-refractivity contribution in [2.45, 2.75) is 19.8 Å². The van der Waals surface area contributed by atoms with E-state index in [4.69, 9.17) is 5.73 Å². The second-order valence-electron chi connectivity index (χ2n) is 4.50. The van der Waals surface area contributed by atoms with Crippen LogP contribution in [0.1, 0.15) is 18.1 Å². The van der Waals surface area contributed by atoms with Gasteiger partial charge in [-0.2, -0.15) is 5.10 Å². The van der Waals surface area contributed by atoms with E-state index in [-0.39, 0.29) is 5.56 Å². The number of nitrogens with two attached hydrogens (primary N) is 1. The number of anilines is 1. The number of alkyl halides is 2. The number of nitrogens with zero attached hydrogens (tertiary/aromatic N) is 2. The summed E-state index contributed by atoms with van der Waals surface area (Å²) in [5.41, 5.74) is 7.70. The van der Waals surface area contributed by atoms with E-state index in [0.717, 1.165) is 12.5 Å². The molecule has 0 bridgehead atoms. The van der Waals surface area contributed by atoms with Gasteiger partial charge >= 0.3 is 0 Å². The molecule has 0 saturated heterocycles. The number of aromatic nitrogens is 2. The Morgan fingerprint density at radius 2 is 1.94 bits per heavy atom. The average molecular weight is 251 g/mol. The van der Waals surface area contributed by atoms with Gasteiger partial charge in [-0.25, -0.2) is 8.78 Å². The molecule has 0 spiro atoms. The monoisotopic (exact) mass is 251 g/mol. The lowest BCUT2D eigenvalue weighted by atomic mass is 9.96. The maximum Gasteiger partial charge on any atom is 0.271 e. The predicted molar refractivity (Wildman–Crippen MR) is 67.4 cm³/mol. The summed E-state index contributed by atoms with van der Waals surface area (Å²) >= 11 is 0. The summed E-state index contributed by atoms with van der Waals surface area (Å²) < 4.78 is 28.7. The molecule has 3 nitrogen and oxygen atoms in total. The molecule has 0 unspecified atom stereocenters. The lowest BCUT2D eigenvalue weighted by Gasteiger charge is -2.16. The fraction of sp³-hybridized carbons (Fsp3) is 0.308. The van der Waals surface area contributed by atoms with Gasteiger partial charge in [0, 0.05) is 25.1 Å². The van der Waals surface area contributed by atoms with Crippen LogP contribution in [0.4, 0.5) is 14.6 Å². The second kappa shape index (κ2) is 4.08. The topological polar surface area (TPSA) is 43.8 Å². The molecule has 1 aromatic carbocycles. The van der Waals surface area contributed by atoms with Crippen LogP contribution < -0.4 is 5.73 Å². The number of hydrogen-bond donors (Lipinski definition) is 1. The highest BCUT2D eigenvalue weighted by atomic mass is 19.3. The fourth-order valence-corrected chi connectivity index (χ4v) is 1.92. The predicted octanol–water partition coefficient (Wildman–Crippen LogP) is 3.09. The number of halogens is 2. The zero-order chi connectivity index (χ0) is 13.5. The van der Waals surface area contributed by atoms with Gasteiger partial charge in [0.1, 0.15) is 5.82 Å². The van der Waals surface area contributed by atoms with Crippen LogP contribution in [0.15, 0.2) is 24.4 Å². The maximum atomic E-state index is 13.6. The molecule has 2 rings (SSSR count). The molecule has 5 heteroatoms. The van der Waals surface area contributed by atoms with Crippen LogP contribution in [0.25, 0.3) is 11.1 Å². The summed E-state index contributed by atoms with van der Waals surface area (Å²) in [7, 11) is 1.68. The second-order valence-corrected chi connectivity index (χ2v) is 4.50. The van der Waals surface area contributed by atoms with Gasteiger partial charge in [-0.15, -0.1) is 0 Å². The van der Waals surface area contributed by atoms with Crippen LogP contribution in [0.3, 0.4) is 0 Å². The van der Waals surface area contributed by atoms with Crippen molar-refractivity contribution in [3.05, 3.63) is 35.5 Å². The standard InChI is InChI=1S/C13H15F2N3/c1-8-4-5-11(13(2,14)15)9(6-8)10-7-17-18(3)12(10)16/h4-7H,16H2,1-3H3. The third-order valence-corrected chi connectivity index (χ3v) is 2.92. The molecular weight excluding hydrogens is 236 g/mol. The molecule has 0 fully saturated rings. The van der Waals surface area contributed by atoms with E-state index in [1.165, 1.54) is 16.9 Å². The first kappa shape index (κ1) is 12.5. The smallest absolute Gasteiger partial charge is 0.271 e. The zero-order valence-electron chi connectivity index (χ0n) is 10.5. The van der Waals surface area contributed by atoms with E-state index < -0.39 is 5.92 Å². The molecular formula is C13H15F2N3. The van der Waals surface area contributed by atoms with Crippen molar-refractivity contribution < 1.29 is 8.78 Å². The minimum Gasteiger partial charge on any atom is -0.383 e. The molecule has 0 radical (unpaired) electrons. The van der Waals surface area contributed by atoms with E-state index >= 15 is 0 Å². The van der Waals surface area contributed by atoms with Crippen molar-refractivity contribution in [2.75, 3.05) is 5.73 Å². The van der Waals surface area contributed by atoms with Crippen molar-refractivity contribution in [3.63, 3.8) is 0 Å². The molecule has 2 aromatic rings. The van der Waals surface area contributed by atoms with Crippen molar-refractivity contribution in [2.24, 2.45) is 7.05 Å². The summed E-state index contributed by atoms with van der Waals surface area (Å²) in [5.74, 6) is -2.53. The number of benzene rings is 1. The summed E-state index contributed by atoms with van der Waals surface area (Å²) in [4.78, 5) is 0. The maximum absolute atomic E-state index is 13.6. The minimum atomic E-state index is -2.91. The van der Waals surface area contributed by atoms with Gasteiger partial charge in [-0.3, -0.25) is 4.68 Å². The highest BCUT2D eigenvalue weighted by Crippen LogP contribution is 2.37. The van der Waals surface area contributed by atoms with Crippen LogP contribution in [0.5, 0.6) is 0 Å². The summed E-state index contributed by atoms with van der Waals surface area (Å²) in [6.07, 6.45) is 1.51. The Balaban J connectivity index is 2.70. The van der Waals surface area contributed by atoms with Gasteiger partial charge in [-0.1, -0.05) is 23.8 Å². The lowest BCUT2D eigenvalue weighted by molar-refractivity contribution is 0.0181. The molecule has 96 valence electrons. The summed E-state index contributed by atoms with van der Waals surface area (Å²) in [6, 6.07) is 4.82. The van der Waals surface area contributed by atoms with Crippen molar-refractivity contribution in [1.82, 2.24) is 9.78 Å². The molecule has 0 aliphatic rings.